The highest BCUT2D eigenvalue weighted by molar-refractivity contribution is 7.19. The number of methoxy groups -OCH3 is 1. The summed E-state index contributed by atoms with van der Waals surface area (Å²) in [5.74, 6) is -0.00458. The van der Waals surface area contributed by atoms with Crippen LogP contribution in [-0.4, -0.2) is 39.3 Å². The van der Waals surface area contributed by atoms with Gasteiger partial charge in [0, 0.05) is 19.2 Å². The van der Waals surface area contributed by atoms with Crippen LogP contribution in [0.25, 0.3) is 10.6 Å². The van der Waals surface area contributed by atoms with Crippen molar-refractivity contribution in [1.82, 2.24) is 19.7 Å². The number of carbonyl (C=O) groups is 1. The first-order valence-corrected chi connectivity index (χ1v) is 10.1. The summed E-state index contributed by atoms with van der Waals surface area (Å²) in [5, 5.41) is 4.37. The lowest BCUT2D eigenvalue weighted by atomic mass is 10.2. The maximum atomic E-state index is 12.9. The van der Waals surface area contributed by atoms with Gasteiger partial charge in [0.25, 0.3) is 0 Å². The van der Waals surface area contributed by atoms with Crippen LogP contribution >= 0.6 is 22.9 Å². The average Bonchev–Trinajstić information content (AvgIpc) is 3.38. The molecule has 7 nitrogen and oxygen atoms in total. The first-order valence-electron chi connectivity index (χ1n) is 8.86. The number of nitrogen functional groups attached to an aromatic ring is 1. The first kappa shape index (κ1) is 18.9. The first-order chi connectivity index (χ1) is 13.5. The second-order valence-corrected chi connectivity index (χ2v) is 8.31. The smallest absolute Gasteiger partial charge is 0.229 e. The summed E-state index contributed by atoms with van der Waals surface area (Å²) in [6, 6.07) is 7.39. The van der Waals surface area contributed by atoms with Gasteiger partial charge in [-0.15, -0.1) is 11.3 Å². The summed E-state index contributed by atoms with van der Waals surface area (Å²) in [5.41, 5.74) is 10.1. The predicted molar refractivity (Wildman–Crippen MR) is 109 cm³/mol. The molecule has 1 aliphatic heterocycles. The third-order valence-electron chi connectivity index (χ3n) is 4.75. The number of amides is 1. The molecule has 0 saturated heterocycles. The number of rotatable bonds is 6. The molecule has 0 bridgehead atoms. The van der Waals surface area contributed by atoms with Crippen molar-refractivity contribution < 1.29 is 9.53 Å². The van der Waals surface area contributed by atoms with E-state index in [1.165, 1.54) is 11.3 Å². The minimum absolute atomic E-state index is 0.00458. The highest BCUT2D eigenvalue weighted by Gasteiger charge is 2.27. The number of nitrogens with two attached hydrogens (primary N) is 1. The Morgan fingerprint density at radius 1 is 1.32 bits per heavy atom. The molecule has 4 heterocycles. The predicted octanol–water partition coefficient (Wildman–Crippen LogP) is 2.97. The van der Waals surface area contributed by atoms with E-state index in [4.69, 9.17) is 22.1 Å². The summed E-state index contributed by atoms with van der Waals surface area (Å²) < 4.78 is 7.72. The highest BCUT2D eigenvalue weighted by Crippen LogP contribution is 2.31. The summed E-state index contributed by atoms with van der Waals surface area (Å²) in [4.78, 5) is 20.2. The molecule has 1 aliphatic rings. The molecule has 0 saturated carbocycles. The molecule has 0 aromatic carbocycles. The molecule has 3 aromatic rings. The van der Waals surface area contributed by atoms with E-state index in [9.17, 15) is 4.79 Å². The SMILES string of the molecule is COCCn1ncc2c1CN(C(=O)Cc1nc(-c3ccc(Cl)s3)ccc1N)C2. The van der Waals surface area contributed by atoms with Gasteiger partial charge in [0.05, 0.1) is 64.3 Å². The van der Waals surface area contributed by atoms with Crippen LogP contribution in [0, 0.1) is 0 Å². The zero-order chi connectivity index (χ0) is 19.7. The largest absolute Gasteiger partial charge is 0.397 e. The quantitative estimate of drug-likeness (QED) is 0.666. The van der Waals surface area contributed by atoms with Gasteiger partial charge in [0.15, 0.2) is 0 Å². The van der Waals surface area contributed by atoms with Crippen LogP contribution in [0.1, 0.15) is 17.0 Å². The van der Waals surface area contributed by atoms with Gasteiger partial charge < -0.3 is 15.4 Å². The van der Waals surface area contributed by atoms with Gasteiger partial charge in [-0.1, -0.05) is 11.6 Å². The van der Waals surface area contributed by atoms with E-state index in [1.54, 1.807) is 13.2 Å². The molecule has 28 heavy (non-hydrogen) atoms. The number of carbonyl (C=O) groups excluding carboxylic acids is 1. The van der Waals surface area contributed by atoms with Crippen LogP contribution in [-0.2, 0) is 35.6 Å². The zero-order valence-electron chi connectivity index (χ0n) is 15.4. The zero-order valence-corrected chi connectivity index (χ0v) is 17.0. The average molecular weight is 418 g/mol. The number of anilines is 1. The van der Waals surface area contributed by atoms with E-state index in [1.807, 2.05) is 34.0 Å². The van der Waals surface area contributed by atoms with E-state index in [-0.39, 0.29) is 12.3 Å². The summed E-state index contributed by atoms with van der Waals surface area (Å²) in [6.07, 6.45) is 1.99. The molecule has 2 N–H and O–H groups in total. The van der Waals surface area contributed by atoms with E-state index in [0.29, 0.717) is 42.0 Å². The maximum absolute atomic E-state index is 12.9. The van der Waals surface area contributed by atoms with Crippen molar-refractivity contribution >= 4 is 34.5 Å². The Balaban J connectivity index is 1.47. The number of halogens is 1. The molecule has 0 atom stereocenters. The van der Waals surface area contributed by atoms with E-state index >= 15 is 0 Å². The minimum Gasteiger partial charge on any atom is -0.397 e. The molecule has 1 amide bonds. The van der Waals surface area contributed by atoms with Crippen LogP contribution in [0.15, 0.2) is 30.5 Å². The summed E-state index contributed by atoms with van der Waals surface area (Å²) in [6.45, 7) is 2.36. The van der Waals surface area contributed by atoms with Crippen molar-refractivity contribution in [3.05, 3.63) is 51.7 Å². The Hall–Kier alpha value is -2.42. The molecular weight excluding hydrogens is 398 g/mol. The molecule has 4 rings (SSSR count). The van der Waals surface area contributed by atoms with Crippen molar-refractivity contribution in [1.29, 1.82) is 0 Å². The van der Waals surface area contributed by atoms with Crippen LogP contribution in [0.2, 0.25) is 4.34 Å². The van der Waals surface area contributed by atoms with E-state index < -0.39 is 0 Å². The van der Waals surface area contributed by atoms with Crippen molar-refractivity contribution in [3.8, 4) is 10.6 Å². The van der Waals surface area contributed by atoms with Crippen LogP contribution in [0.5, 0.6) is 0 Å². The van der Waals surface area contributed by atoms with Crippen LogP contribution in [0.4, 0.5) is 5.69 Å². The Bertz CT molecular complexity index is 1020. The number of hydrogen-bond acceptors (Lipinski definition) is 6. The number of pyridine rings is 1. The number of aromatic nitrogens is 3. The maximum Gasteiger partial charge on any atom is 0.229 e. The van der Waals surface area contributed by atoms with Gasteiger partial charge in [-0.25, -0.2) is 4.98 Å². The van der Waals surface area contributed by atoms with E-state index in [2.05, 4.69) is 10.1 Å². The van der Waals surface area contributed by atoms with Gasteiger partial charge >= 0.3 is 0 Å². The Morgan fingerprint density at radius 2 is 2.18 bits per heavy atom. The van der Waals surface area contributed by atoms with Gasteiger partial charge in [0.1, 0.15) is 0 Å². The molecule has 9 heteroatoms. The Kier molecular flexibility index (Phi) is 5.34. The van der Waals surface area contributed by atoms with Crippen molar-refractivity contribution in [3.63, 3.8) is 0 Å². The fraction of sp³-hybridized carbons (Fsp3) is 0.316. The van der Waals surface area contributed by atoms with Crippen LogP contribution < -0.4 is 5.73 Å². The van der Waals surface area contributed by atoms with Crippen molar-refractivity contribution in [2.45, 2.75) is 26.1 Å². The normalized spacial score (nSPS) is 13.1. The Morgan fingerprint density at radius 3 is 2.93 bits per heavy atom. The summed E-state index contributed by atoms with van der Waals surface area (Å²) in [7, 11) is 1.66. The molecule has 0 unspecified atom stereocenters. The van der Waals surface area contributed by atoms with Gasteiger partial charge in [0.2, 0.25) is 5.91 Å². The molecule has 0 radical (unpaired) electrons. The highest BCUT2D eigenvalue weighted by atomic mass is 35.5. The fourth-order valence-corrected chi connectivity index (χ4v) is 4.26. The molecular formula is C19H20ClN5O2S. The minimum atomic E-state index is -0.00458. The van der Waals surface area contributed by atoms with Crippen molar-refractivity contribution in [2.24, 2.45) is 0 Å². The molecule has 0 spiro atoms. The second-order valence-electron chi connectivity index (χ2n) is 6.60. The molecule has 0 fully saturated rings. The lowest BCUT2D eigenvalue weighted by molar-refractivity contribution is -0.131. The fourth-order valence-electron chi connectivity index (χ4n) is 3.25. The Labute approximate surface area is 171 Å². The van der Waals surface area contributed by atoms with Crippen molar-refractivity contribution in [2.75, 3.05) is 19.5 Å². The number of thiophene rings is 1. The topological polar surface area (TPSA) is 86.3 Å². The second kappa shape index (κ2) is 7.90. The van der Waals surface area contributed by atoms with Gasteiger partial charge in [-0.05, 0) is 24.3 Å². The monoisotopic (exact) mass is 417 g/mol. The third-order valence-corrected chi connectivity index (χ3v) is 6.00. The summed E-state index contributed by atoms with van der Waals surface area (Å²) >= 11 is 7.47. The van der Waals surface area contributed by atoms with Gasteiger partial charge in [-0.2, -0.15) is 5.10 Å². The molecule has 146 valence electrons. The third kappa shape index (κ3) is 3.76. The number of hydrogen-bond donors (Lipinski definition) is 1. The lowest BCUT2D eigenvalue weighted by Gasteiger charge is -2.17. The number of fused-ring (bicyclic) bond motifs is 1. The van der Waals surface area contributed by atoms with Crippen LogP contribution in [0.3, 0.4) is 0 Å². The van der Waals surface area contributed by atoms with Gasteiger partial charge in [-0.3, -0.25) is 9.48 Å². The van der Waals surface area contributed by atoms with E-state index in [0.717, 1.165) is 21.8 Å². The standard InChI is InChI=1S/C19H20ClN5O2S/c1-27-7-6-25-16-11-24(10-12(16)9-22-25)19(26)8-15-13(21)2-3-14(23-15)17-4-5-18(20)28-17/h2-5,9H,6-8,10-11,21H2,1H3. The number of ether oxygens (including phenoxy) is 1. The number of nitrogens with zero attached hydrogens (tertiary/aromatic N) is 4. The molecule has 3 aromatic heterocycles. The lowest BCUT2D eigenvalue weighted by Crippen LogP contribution is -2.28. The molecule has 0 aliphatic carbocycles.